The standard InChI is InChI=1S/C49H86O6/c1-4-7-10-13-16-19-21-22-23-24-25-26-28-30-33-36-39-42-48(51)54-45-46(44-53-47(50)41-38-35-32-29-18-15-12-9-6-3)55-49(52)43-40-37-34-31-27-20-17-14-11-8-5-2/h22-23,25-26,29-30,32-33,46H,4-21,24,27-28,31,34-45H2,1-3H3/b23-22-,26-25-,32-29-,33-30-. The van der Waals surface area contributed by atoms with Crippen molar-refractivity contribution < 1.29 is 28.6 Å². The quantitative estimate of drug-likeness (QED) is 0.0267. The summed E-state index contributed by atoms with van der Waals surface area (Å²) in [6.07, 6.45) is 51.1. The zero-order chi connectivity index (χ0) is 40.1. The van der Waals surface area contributed by atoms with E-state index in [1.807, 2.05) is 0 Å². The first-order chi connectivity index (χ1) is 27.0. The molecular weight excluding hydrogens is 685 g/mol. The van der Waals surface area contributed by atoms with E-state index in [9.17, 15) is 14.4 Å². The SMILES string of the molecule is CCCCCC/C=C\CCCC(=O)OCC(COC(=O)CCC/C=C\C/C=C\C/C=C\CCCCCCCC)OC(=O)CCCCCCCCCCCCC. The normalized spacial score (nSPS) is 12.4. The molecule has 0 radical (unpaired) electrons. The van der Waals surface area contributed by atoms with Gasteiger partial charge in [0.2, 0.25) is 0 Å². The molecule has 0 N–H and O–H groups in total. The second-order valence-corrected chi connectivity index (χ2v) is 15.3. The molecule has 0 rings (SSSR count). The Bertz CT molecular complexity index is 980. The van der Waals surface area contributed by atoms with Crippen molar-refractivity contribution in [1.29, 1.82) is 0 Å². The van der Waals surface area contributed by atoms with Gasteiger partial charge in [-0.3, -0.25) is 14.4 Å². The van der Waals surface area contributed by atoms with Crippen LogP contribution in [0.5, 0.6) is 0 Å². The molecule has 0 amide bonds. The van der Waals surface area contributed by atoms with Crippen LogP contribution in [0.25, 0.3) is 0 Å². The summed E-state index contributed by atoms with van der Waals surface area (Å²) in [5, 5.41) is 0. The Morgan fingerprint density at radius 1 is 0.364 bits per heavy atom. The van der Waals surface area contributed by atoms with Crippen LogP contribution in [0.3, 0.4) is 0 Å². The van der Waals surface area contributed by atoms with Gasteiger partial charge in [-0.05, 0) is 70.6 Å². The van der Waals surface area contributed by atoms with Gasteiger partial charge in [-0.1, -0.05) is 185 Å². The summed E-state index contributed by atoms with van der Waals surface area (Å²) in [6.45, 7) is 6.51. The molecule has 0 spiro atoms. The van der Waals surface area contributed by atoms with Crippen molar-refractivity contribution in [1.82, 2.24) is 0 Å². The number of carbonyl (C=O) groups excluding carboxylic acids is 3. The van der Waals surface area contributed by atoms with Crippen LogP contribution in [0.2, 0.25) is 0 Å². The molecule has 0 saturated carbocycles. The topological polar surface area (TPSA) is 78.9 Å². The van der Waals surface area contributed by atoms with Crippen molar-refractivity contribution in [2.75, 3.05) is 13.2 Å². The Morgan fingerprint density at radius 3 is 1.11 bits per heavy atom. The van der Waals surface area contributed by atoms with Gasteiger partial charge in [-0.2, -0.15) is 0 Å². The Labute approximate surface area is 339 Å². The second kappa shape index (κ2) is 44.1. The molecule has 0 aliphatic carbocycles. The molecule has 0 fully saturated rings. The highest BCUT2D eigenvalue weighted by Crippen LogP contribution is 2.13. The lowest BCUT2D eigenvalue weighted by atomic mass is 10.1. The van der Waals surface area contributed by atoms with Crippen LogP contribution in [0.4, 0.5) is 0 Å². The summed E-state index contributed by atoms with van der Waals surface area (Å²) in [6, 6.07) is 0. The lowest BCUT2D eigenvalue weighted by Gasteiger charge is -2.18. The number of rotatable bonds is 41. The van der Waals surface area contributed by atoms with E-state index in [1.165, 1.54) is 122 Å². The van der Waals surface area contributed by atoms with E-state index in [-0.39, 0.29) is 37.5 Å². The second-order valence-electron chi connectivity index (χ2n) is 15.3. The first kappa shape index (κ1) is 52.4. The van der Waals surface area contributed by atoms with Gasteiger partial charge in [0.25, 0.3) is 0 Å². The van der Waals surface area contributed by atoms with E-state index in [1.54, 1.807) is 0 Å². The molecule has 0 aliphatic rings. The summed E-state index contributed by atoms with van der Waals surface area (Å²) in [4.78, 5) is 37.6. The van der Waals surface area contributed by atoms with Gasteiger partial charge in [0.15, 0.2) is 6.10 Å². The smallest absolute Gasteiger partial charge is 0.306 e. The highest BCUT2D eigenvalue weighted by atomic mass is 16.6. The summed E-state index contributed by atoms with van der Waals surface area (Å²) < 4.78 is 16.6. The minimum Gasteiger partial charge on any atom is -0.462 e. The third kappa shape index (κ3) is 42.4. The molecule has 0 aliphatic heterocycles. The molecule has 55 heavy (non-hydrogen) atoms. The minimum atomic E-state index is -0.798. The molecule has 318 valence electrons. The van der Waals surface area contributed by atoms with Gasteiger partial charge in [-0.15, -0.1) is 0 Å². The number of hydrogen-bond donors (Lipinski definition) is 0. The first-order valence-electron chi connectivity index (χ1n) is 23.1. The molecule has 0 heterocycles. The van der Waals surface area contributed by atoms with E-state index >= 15 is 0 Å². The van der Waals surface area contributed by atoms with Crippen LogP contribution >= 0.6 is 0 Å². The molecule has 0 saturated heterocycles. The van der Waals surface area contributed by atoms with Gasteiger partial charge in [0, 0.05) is 19.3 Å². The van der Waals surface area contributed by atoms with Crippen LogP contribution in [-0.4, -0.2) is 37.2 Å². The fourth-order valence-corrected chi connectivity index (χ4v) is 6.28. The molecule has 1 unspecified atom stereocenters. The van der Waals surface area contributed by atoms with E-state index in [0.717, 1.165) is 51.4 Å². The van der Waals surface area contributed by atoms with Crippen LogP contribution < -0.4 is 0 Å². The Balaban J connectivity index is 4.43. The van der Waals surface area contributed by atoms with Gasteiger partial charge in [0.05, 0.1) is 0 Å². The van der Waals surface area contributed by atoms with Crippen LogP contribution in [0.15, 0.2) is 48.6 Å². The van der Waals surface area contributed by atoms with Crippen LogP contribution in [0.1, 0.15) is 226 Å². The largest absolute Gasteiger partial charge is 0.462 e. The van der Waals surface area contributed by atoms with E-state index in [2.05, 4.69) is 69.4 Å². The Hall–Kier alpha value is -2.63. The van der Waals surface area contributed by atoms with Crippen molar-refractivity contribution in [2.45, 2.75) is 232 Å². The predicted octanol–water partition coefficient (Wildman–Crippen LogP) is 14.8. The highest BCUT2D eigenvalue weighted by molar-refractivity contribution is 5.71. The molecule has 1 atom stereocenters. The maximum Gasteiger partial charge on any atom is 0.306 e. The summed E-state index contributed by atoms with van der Waals surface area (Å²) in [5.41, 5.74) is 0. The summed E-state index contributed by atoms with van der Waals surface area (Å²) in [5.74, 6) is -0.989. The third-order valence-corrected chi connectivity index (χ3v) is 9.81. The predicted molar refractivity (Wildman–Crippen MR) is 233 cm³/mol. The number of unbranched alkanes of at least 4 members (excludes halogenated alkanes) is 22. The van der Waals surface area contributed by atoms with Gasteiger partial charge >= 0.3 is 17.9 Å². The number of ether oxygens (including phenoxy) is 3. The van der Waals surface area contributed by atoms with Gasteiger partial charge in [0.1, 0.15) is 13.2 Å². The lowest BCUT2D eigenvalue weighted by Crippen LogP contribution is -2.30. The number of hydrogen-bond acceptors (Lipinski definition) is 6. The van der Waals surface area contributed by atoms with Crippen molar-refractivity contribution in [3.05, 3.63) is 48.6 Å². The molecule has 6 heteroatoms. The molecule has 0 aromatic rings. The zero-order valence-corrected chi connectivity index (χ0v) is 36.2. The van der Waals surface area contributed by atoms with Crippen LogP contribution in [-0.2, 0) is 28.6 Å². The summed E-state index contributed by atoms with van der Waals surface area (Å²) in [7, 11) is 0. The van der Waals surface area contributed by atoms with Crippen molar-refractivity contribution in [2.24, 2.45) is 0 Å². The number of esters is 3. The Morgan fingerprint density at radius 2 is 0.673 bits per heavy atom. The average molecular weight is 771 g/mol. The van der Waals surface area contributed by atoms with Crippen molar-refractivity contribution in [3.63, 3.8) is 0 Å². The fraction of sp³-hybridized carbons (Fsp3) is 0.776. The summed E-state index contributed by atoms with van der Waals surface area (Å²) >= 11 is 0. The monoisotopic (exact) mass is 771 g/mol. The molecular formula is C49H86O6. The highest BCUT2D eigenvalue weighted by Gasteiger charge is 2.19. The number of carbonyl (C=O) groups is 3. The Kier molecular flexibility index (Phi) is 42.0. The maximum absolute atomic E-state index is 12.7. The first-order valence-corrected chi connectivity index (χ1v) is 23.1. The molecule has 0 aromatic heterocycles. The van der Waals surface area contributed by atoms with Crippen LogP contribution in [0, 0.1) is 0 Å². The van der Waals surface area contributed by atoms with E-state index in [0.29, 0.717) is 25.7 Å². The minimum absolute atomic E-state index is 0.103. The molecule has 0 bridgehead atoms. The maximum atomic E-state index is 12.7. The number of allylic oxidation sites excluding steroid dienone is 8. The average Bonchev–Trinajstić information content (AvgIpc) is 3.18. The molecule has 6 nitrogen and oxygen atoms in total. The van der Waals surface area contributed by atoms with Gasteiger partial charge in [-0.25, -0.2) is 0 Å². The van der Waals surface area contributed by atoms with E-state index < -0.39 is 6.10 Å². The fourth-order valence-electron chi connectivity index (χ4n) is 6.28. The van der Waals surface area contributed by atoms with Crippen molar-refractivity contribution in [3.8, 4) is 0 Å². The zero-order valence-electron chi connectivity index (χ0n) is 36.2. The molecule has 0 aromatic carbocycles. The van der Waals surface area contributed by atoms with E-state index in [4.69, 9.17) is 14.2 Å². The van der Waals surface area contributed by atoms with Crippen molar-refractivity contribution >= 4 is 17.9 Å². The van der Waals surface area contributed by atoms with Gasteiger partial charge < -0.3 is 14.2 Å². The lowest BCUT2D eigenvalue weighted by molar-refractivity contribution is -0.167. The third-order valence-electron chi connectivity index (χ3n) is 9.81.